The van der Waals surface area contributed by atoms with E-state index in [1.807, 2.05) is 0 Å². The van der Waals surface area contributed by atoms with Crippen molar-refractivity contribution in [2.45, 2.75) is 291 Å². The van der Waals surface area contributed by atoms with Gasteiger partial charge in [0.15, 0.2) is 12.6 Å². The van der Waals surface area contributed by atoms with Gasteiger partial charge in [-0.25, -0.2) is 4.79 Å². The fraction of sp³-hybridized carbons (Fsp3) is 0.909. The number of hydrogen-bond donors (Lipinski definition) is 14. The van der Waals surface area contributed by atoms with Crippen molar-refractivity contribution in [1.29, 1.82) is 0 Å². The second kappa shape index (κ2) is 38.3. The summed E-state index contributed by atoms with van der Waals surface area (Å²) < 4.78 is 34.6. The molecular weight excluding hydrogens is 1020 g/mol. The average Bonchev–Trinajstić information content (AvgIpc) is 3.42. The number of ether oxygens (including phenoxy) is 6. The molecule has 0 aromatic heterocycles. The summed E-state index contributed by atoms with van der Waals surface area (Å²) in [7, 11) is 0. The van der Waals surface area contributed by atoms with Crippen LogP contribution in [-0.4, -0.2) is 215 Å². The molecule has 3 rings (SSSR count). The first-order valence-electron chi connectivity index (χ1n) is 29.0. The predicted octanol–water partition coefficient (Wildman–Crippen LogP) is 1.61. The monoisotopic (exact) mass is 1120 g/mol. The second-order valence-corrected chi connectivity index (χ2v) is 21.5. The van der Waals surface area contributed by atoms with Crippen molar-refractivity contribution >= 4 is 17.8 Å². The lowest BCUT2D eigenvalue weighted by Crippen LogP contribution is -2.70. The molecule has 0 aromatic carbocycles. The van der Waals surface area contributed by atoms with Gasteiger partial charge in [0.25, 0.3) is 5.79 Å². The number of unbranched alkanes of at least 4 members (excludes halogenated alkanes) is 19. The Hall–Kier alpha value is -2.53. The van der Waals surface area contributed by atoms with Gasteiger partial charge in [0.1, 0.15) is 67.1 Å². The van der Waals surface area contributed by atoms with Gasteiger partial charge in [0, 0.05) is 19.8 Å². The van der Waals surface area contributed by atoms with E-state index in [-0.39, 0.29) is 18.9 Å². The maximum atomic E-state index is 13.3. The fourth-order valence-corrected chi connectivity index (χ4v) is 10.2. The molecule has 456 valence electrons. The van der Waals surface area contributed by atoms with Crippen LogP contribution >= 0.6 is 0 Å². The van der Waals surface area contributed by atoms with Crippen LogP contribution in [0.2, 0.25) is 0 Å². The van der Waals surface area contributed by atoms with Gasteiger partial charge >= 0.3 is 5.97 Å². The van der Waals surface area contributed by atoms with Gasteiger partial charge in [-0.15, -0.1) is 0 Å². The van der Waals surface area contributed by atoms with Gasteiger partial charge in [-0.1, -0.05) is 142 Å². The number of allylic oxidation sites excluding steroid dienone is 2. The topological polar surface area (TPSA) is 373 Å². The molecular formula is C55H100N2O21. The molecule has 0 saturated carbocycles. The highest BCUT2D eigenvalue weighted by Gasteiger charge is 2.60. The summed E-state index contributed by atoms with van der Waals surface area (Å²) in [6, 6.07) is -2.53. The Morgan fingerprint density at radius 3 is 1.77 bits per heavy atom. The smallest absolute Gasteiger partial charge is 0.364 e. The van der Waals surface area contributed by atoms with Crippen molar-refractivity contribution in [1.82, 2.24) is 10.6 Å². The largest absolute Gasteiger partial charge is 0.477 e. The number of nitrogens with one attached hydrogen (secondary N) is 2. The third-order valence-electron chi connectivity index (χ3n) is 15.0. The van der Waals surface area contributed by atoms with Crippen molar-refractivity contribution in [2.24, 2.45) is 0 Å². The fourth-order valence-electron chi connectivity index (χ4n) is 10.2. The van der Waals surface area contributed by atoms with Gasteiger partial charge in [-0.05, 0) is 32.1 Å². The van der Waals surface area contributed by atoms with Crippen molar-refractivity contribution in [3.05, 3.63) is 12.2 Å². The molecule has 3 heterocycles. The summed E-state index contributed by atoms with van der Waals surface area (Å²) in [5.41, 5.74) is 0. The molecule has 18 atom stereocenters. The van der Waals surface area contributed by atoms with Crippen LogP contribution < -0.4 is 10.6 Å². The van der Waals surface area contributed by atoms with Gasteiger partial charge in [0.05, 0.1) is 50.7 Å². The van der Waals surface area contributed by atoms with E-state index < -0.39 is 148 Å². The molecule has 0 spiro atoms. The zero-order valence-electron chi connectivity index (χ0n) is 46.5. The minimum absolute atomic E-state index is 0.213. The van der Waals surface area contributed by atoms with E-state index in [1.165, 1.54) is 64.2 Å². The molecule has 0 bridgehead atoms. The minimum Gasteiger partial charge on any atom is -0.477 e. The zero-order chi connectivity index (χ0) is 57.6. The number of carboxylic acids is 1. The number of aliphatic hydroxyl groups is 11. The lowest BCUT2D eigenvalue weighted by molar-refractivity contribution is -0.386. The summed E-state index contributed by atoms with van der Waals surface area (Å²) >= 11 is 0. The molecule has 3 aliphatic heterocycles. The van der Waals surface area contributed by atoms with Gasteiger partial charge in [-0.2, -0.15) is 0 Å². The SMILES string of the molecule is CCCC/C=C\CCCCCCCC(=O)NC(COC1OC(CO)C(OC2OC(CO)C(O)C(OC3(C(=O)O)CC(O)C(NC(C)=O)C(C(O)C(O)CO)O3)C2O)C(O)C1O)C(O)CCCCCCCCCCCCCCC. The highest BCUT2D eigenvalue weighted by molar-refractivity contribution is 5.77. The molecule has 3 aliphatic rings. The van der Waals surface area contributed by atoms with Crippen LogP contribution in [0.1, 0.15) is 181 Å². The van der Waals surface area contributed by atoms with Crippen molar-refractivity contribution in [2.75, 3.05) is 26.4 Å². The van der Waals surface area contributed by atoms with Crippen LogP contribution in [0, 0.1) is 0 Å². The van der Waals surface area contributed by atoms with E-state index in [9.17, 15) is 75.7 Å². The Bertz CT molecular complexity index is 1670. The van der Waals surface area contributed by atoms with E-state index in [4.69, 9.17) is 28.4 Å². The Morgan fingerprint density at radius 2 is 1.21 bits per heavy atom. The maximum absolute atomic E-state index is 13.3. The van der Waals surface area contributed by atoms with Crippen molar-refractivity contribution in [3.8, 4) is 0 Å². The first-order chi connectivity index (χ1) is 37.4. The molecule has 0 aliphatic carbocycles. The molecule has 18 unspecified atom stereocenters. The van der Waals surface area contributed by atoms with Crippen LogP contribution in [0.4, 0.5) is 0 Å². The summed E-state index contributed by atoms with van der Waals surface area (Å²) in [6.07, 6.45) is -0.251. The van der Waals surface area contributed by atoms with Gasteiger partial charge < -0.3 is 100 Å². The number of hydrogen-bond acceptors (Lipinski definition) is 20. The number of aliphatic hydroxyl groups excluding tert-OH is 11. The van der Waals surface area contributed by atoms with Crippen molar-refractivity contribution < 1.29 is 104 Å². The first kappa shape index (κ1) is 69.7. The molecule has 3 fully saturated rings. The molecule has 2 amide bonds. The number of rotatable bonds is 41. The normalized spacial score (nSPS) is 31.2. The molecule has 23 nitrogen and oxygen atoms in total. The number of carboxylic acid groups (broad SMARTS) is 1. The highest BCUT2D eigenvalue weighted by atomic mass is 16.8. The molecule has 23 heteroatoms. The third-order valence-corrected chi connectivity index (χ3v) is 15.0. The van der Waals surface area contributed by atoms with E-state index in [1.54, 1.807) is 0 Å². The van der Waals surface area contributed by atoms with Gasteiger partial charge in [0.2, 0.25) is 11.8 Å². The maximum Gasteiger partial charge on any atom is 0.364 e. The quantitative estimate of drug-likeness (QED) is 0.0305. The number of aliphatic carboxylic acids is 1. The summed E-state index contributed by atoms with van der Waals surface area (Å²) in [5, 5.41) is 135. The average molecular weight is 1130 g/mol. The number of carbonyl (C=O) groups is 3. The highest BCUT2D eigenvalue weighted by Crippen LogP contribution is 2.38. The summed E-state index contributed by atoms with van der Waals surface area (Å²) in [5.74, 6) is -6.12. The molecule has 78 heavy (non-hydrogen) atoms. The van der Waals surface area contributed by atoms with Crippen LogP contribution in [0.3, 0.4) is 0 Å². The zero-order valence-corrected chi connectivity index (χ0v) is 46.5. The van der Waals surface area contributed by atoms with Crippen LogP contribution in [0.15, 0.2) is 12.2 Å². The third kappa shape index (κ3) is 23.0. The van der Waals surface area contributed by atoms with E-state index in [0.29, 0.717) is 19.3 Å². The Morgan fingerprint density at radius 1 is 0.654 bits per heavy atom. The number of amides is 2. The van der Waals surface area contributed by atoms with E-state index in [2.05, 4.69) is 36.6 Å². The van der Waals surface area contributed by atoms with Crippen molar-refractivity contribution in [3.63, 3.8) is 0 Å². The lowest BCUT2D eigenvalue weighted by atomic mass is 9.88. The Balaban J connectivity index is 1.69. The van der Waals surface area contributed by atoms with E-state index >= 15 is 0 Å². The summed E-state index contributed by atoms with van der Waals surface area (Å²) in [6.45, 7) is 2.09. The van der Waals surface area contributed by atoms with Gasteiger partial charge in [-0.3, -0.25) is 9.59 Å². The second-order valence-electron chi connectivity index (χ2n) is 21.5. The minimum atomic E-state index is -3.08. The van der Waals surface area contributed by atoms with Crippen LogP contribution in [0.25, 0.3) is 0 Å². The van der Waals surface area contributed by atoms with Crippen LogP contribution in [0.5, 0.6) is 0 Å². The Kier molecular flexibility index (Phi) is 34.2. The molecule has 14 N–H and O–H groups in total. The van der Waals surface area contributed by atoms with Crippen LogP contribution in [-0.2, 0) is 42.8 Å². The standard InChI is InChI=1S/C55H100N2O21/c1-4-6-8-10-12-14-16-17-19-20-22-24-26-28-37(62)36(57-42(65)29-27-25-23-21-18-15-13-11-9-7-5-2)34-73-52-47(69)46(68)49(41(33-60)75-52)76-53-48(70)51(45(67)40(32-59)74-53)78-55(54(71)72)30-38(63)43(56-35(3)61)50(77-55)44(66)39(64)31-58/h11,13,36-41,43-53,58-60,62-64,66-70H,4-10,12,14-34H2,1-3H3,(H,56,61)(H,57,65)(H,71,72)/b13-11-. The molecule has 0 radical (unpaired) electrons. The summed E-state index contributed by atoms with van der Waals surface area (Å²) in [4.78, 5) is 38.3. The Labute approximate surface area is 461 Å². The molecule has 3 saturated heterocycles. The first-order valence-corrected chi connectivity index (χ1v) is 29.0. The lowest BCUT2D eigenvalue weighted by Gasteiger charge is -2.50. The number of carbonyl (C=O) groups excluding carboxylic acids is 2. The van der Waals surface area contributed by atoms with E-state index in [0.717, 1.165) is 71.1 Å². The predicted molar refractivity (Wildman–Crippen MR) is 283 cm³/mol. The molecule has 0 aromatic rings.